The van der Waals surface area contributed by atoms with Crippen LogP contribution in [0.15, 0.2) is 24.3 Å². The molecule has 0 spiro atoms. The van der Waals surface area contributed by atoms with Crippen molar-refractivity contribution in [1.29, 1.82) is 0 Å². The Morgan fingerprint density at radius 1 is 0.792 bits per heavy atom. The van der Waals surface area contributed by atoms with E-state index in [2.05, 4.69) is 94.1 Å². The van der Waals surface area contributed by atoms with Crippen LogP contribution in [0, 0.1) is 17.8 Å². The van der Waals surface area contributed by atoms with Crippen molar-refractivity contribution in [2.45, 2.75) is 58.3 Å². The molecule has 0 aromatic heterocycles. The van der Waals surface area contributed by atoms with Crippen LogP contribution in [-0.2, 0) is 0 Å². The molecular weight excluding hydrogens is 296 g/mol. The summed E-state index contributed by atoms with van der Waals surface area (Å²) in [5.41, 5.74) is 1.30. The highest BCUT2D eigenvalue weighted by Crippen LogP contribution is 2.48. The van der Waals surface area contributed by atoms with Crippen molar-refractivity contribution in [3.8, 4) is 0 Å². The molecule has 3 rings (SSSR count). The fourth-order valence-electron chi connectivity index (χ4n) is 5.53. The highest BCUT2D eigenvalue weighted by Gasteiger charge is 2.59. The summed E-state index contributed by atoms with van der Waals surface area (Å²) in [6.45, 7) is 9.57. The van der Waals surface area contributed by atoms with Crippen molar-refractivity contribution in [2.24, 2.45) is 17.8 Å². The molecule has 0 bridgehead atoms. The van der Waals surface area contributed by atoms with E-state index >= 15 is 0 Å². The number of hydrogen-bond acceptors (Lipinski definition) is 4. The SMILES string of the molecule is CC1CC(C)CC(C2=CN(C)C(C)(C3(C)N(C)C=CN3C)N2C)C1. The van der Waals surface area contributed by atoms with E-state index in [9.17, 15) is 0 Å². The predicted octanol–water partition coefficient (Wildman–Crippen LogP) is 3.56. The van der Waals surface area contributed by atoms with Gasteiger partial charge in [0.2, 0.25) is 0 Å². The summed E-state index contributed by atoms with van der Waals surface area (Å²) in [5.74, 6) is 2.35. The summed E-state index contributed by atoms with van der Waals surface area (Å²) in [6, 6.07) is 0. The summed E-state index contributed by atoms with van der Waals surface area (Å²) in [5, 5.41) is 0. The van der Waals surface area contributed by atoms with Crippen molar-refractivity contribution in [2.75, 3.05) is 28.2 Å². The minimum absolute atomic E-state index is 0.110. The zero-order chi connectivity index (χ0) is 17.9. The largest absolute Gasteiger partial charge is 0.353 e. The lowest BCUT2D eigenvalue weighted by Crippen LogP contribution is -2.72. The normalized spacial score (nSPS) is 39.0. The van der Waals surface area contributed by atoms with Crippen LogP contribution in [0.25, 0.3) is 0 Å². The van der Waals surface area contributed by atoms with Gasteiger partial charge >= 0.3 is 0 Å². The van der Waals surface area contributed by atoms with E-state index in [1.807, 2.05) is 0 Å². The average Bonchev–Trinajstić information content (AvgIpc) is 2.90. The summed E-state index contributed by atoms with van der Waals surface area (Å²) >= 11 is 0. The topological polar surface area (TPSA) is 13.0 Å². The first-order valence-corrected chi connectivity index (χ1v) is 9.45. The van der Waals surface area contributed by atoms with Gasteiger partial charge in [-0.05, 0) is 44.9 Å². The zero-order valence-electron chi connectivity index (χ0n) is 16.9. The quantitative estimate of drug-likeness (QED) is 0.766. The lowest BCUT2D eigenvalue weighted by atomic mass is 9.75. The second kappa shape index (κ2) is 5.60. The van der Waals surface area contributed by atoms with Crippen LogP contribution in [0.4, 0.5) is 0 Å². The molecule has 0 radical (unpaired) electrons. The minimum Gasteiger partial charge on any atom is -0.353 e. The maximum absolute atomic E-state index is 2.56. The van der Waals surface area contributed by atoms with Crippen molar-refractivity contribution in [3.05, 3.63) is 24.3 Å². The number of allylic oxidation sites excluding steroid dienone is 1. The van der Waals surface area contributed by atoms with Gasteiger partial charge in [0.15, 0.2) is 11.3 Å². The summed E-state index contributed by atoms with van der Waals surface area (Å²) < 4.78 is 0. The summed E-state index contributed by atoms with van der Waals surface area (Å²) in [7, 11) is 8.92. The summed E-state index contributed by atoms with van der Waals surface area (Å²) in [4.78, 5) is 9.69. The van der Waals surface area contributed by atoms with E-state index in [1.54, 1.807) is 0 Å². The minimum atomic E-state index is -0.112. The van der Waals surface area contributed by atoms with Crippen LogP contribution in [-0.4, -0.2) is 59.1 Å². The van der Waals surface area contributed by atoms with Gasteiger partial charge in [-0.25, -0.2) is 0 Å². The third-order valence-electron chi connectivity index (χ3n) is 7.43. The van der Waals surface area contributed by atoms with Crippen molar-refractivity contribution in [1.82, 2.24) is 19.6 Å². The van der Waals surface area contributed by atoms with Gasteiger partial charge < -0.3 is 19.6 Å². The molecule has 0 N–H and O–H groups in total. The molecule has 3 aliphatic rings. The second-order valence-corrected chi connectivity index (χ2v) is 8.90. The number of likely N-dealkylation sites (N-methyl/N-ethyl adjacent to an activating group) is 4. The van der Waals surface area contributed by atoms with Gasteiger partial charge in [0.1, 0.15) is 0 Å². The van der Waals surface area contributed by atoms with E-state index in [0.717, 1.165) is 11.8 Å². The van der Waals surface area contributed by atoms with Gasteiger partial charge in [-0.3, -0.25) is 0 Å². The van der Waals surface area contributed by atoms with E-state index in [1.165, 1.54) is 25.0 Å². The molecule has 4 nitrogen and oxygen atoms in total. The van der Waals surface area contributed by atoms with Crippen molar-refractivity contribution < 1.29 is 0 Å². The van der Waals surface area contributed by atoms with Crippen LogP contribution in [0.5, 0.6) is 0 Å². The first-order valence-electron chi connectivity index (χ1n) is 9.45. The Labute approximate surface area is 148 Å². The molecule has 0 aromatic rings. The van der Waals surface area contributed by atoms with Gasteiger partial charge in [0.25, 0.3) is 0 Å². The lowest BCUT2D eigenvalue weighted by molar-refractivity contribution is -0.115. The maximum atomic E-state index is 2.56. The molecule has 2 aliphatic heterocycles. The smallest absolute Gasteiger partial charge is 0.152 e. The van der Waals surface area contributed by atoms with Gasteiger partial charge in [-0.15, -0.1) is 0 Å². The first kappa shape index (κ1) is 17.5. The molecule has 1 aliphatic carbocycles. The molecule has 1 saturated carbocycles. The molecule has 4 heteroatoms. The lowest BCUT2D eigenvalue weighted by Gasteiger charge is -2.57. The van der Waals surface area contributed by atoms with Gasteiger partial charge in [0, 0.05) is 58.4 Å². The Balaban J connectivity index is 1.91. The average molecular weight is 333 g/mol. The Morgan fingerprint density at radius 2 is 1.29 bits per heavy atom. The van der Waals surface area contributed by atoms with E-state index in [4.69, 9.17) is 0 Å². The highest BCUT2D eigenvalue weighted by atomic mass is 15.6. The highest BCUT2D eigenvalue weighted by molar-refractivity contribution is 5.25. The molecule has 24 heavy (non-hydrogen) atoms. The number of rotatable bonds is 2. The maximum Gasteiger partial charge on any atom is 0.152 e. The van der Waals surface area contributed by atoms with Crippen LogP contribution in [0.2, 0.25) is 0 Å². The molecule has 2 heterocycles. The van der Waals surface area contributed by atoms with Crippen LogP contribution in [0.3, 0.4) is 0 Å². The molecule has 1 fully saturated rings. The molecule has 136 valence electrons. The standard InChI is InChI=1S/C20H36N4/c1-15-11-16(2)13-17(12-15)18-14-23(7)20(4,24(18)8)19(3)21(5)9-10-22(19)6/h9-10,14-17H,11-13H2,1-8H3. The first-order chi connectivity index (χ1) is 11.1. The fourth-order valence-corrected chi connectivity index (χ4v) is 5.53. The van der Waals surface area contributed by atoms with Gasteiger partial charge in [-0.1, -0.05) is 13.8 Å². The number of hydrogen-bond donors (Lipinski definition) is 0. The molecule has 0 amide bonds. The molecule has 3 atom stereocenters. The fraction of sp³-hybridized carbons (Fsp3) is 0.800. The van der Waals surface area contributed by atoms with Crippen LogP contribution in [0.1, 0.15) is 47.0 Å². The van der Waals surface area contributed by atoms with Crippen molar-refractivity contribution >= 4 is 0 Å². The predicted molar refractivity (Wildman–Crippen MR) is 101 cm³/mol. The molecule has 0 aromatic carbocycles. The van der Waals surface area contributed by atoms with Gasteiger partial charge in [0.05, 0.1) is 0 Å². The number of nitrogens with zero attached hydrogens (tertiary/aromatic N) is 4. The molecule has 3 unspecified atom stereocenters. The van der Waals surface area contributed by atoms with Gasteiger partial charge in [-0.2, -0.15) is 0 Å². The monoisotopic (exact) mass is 332 g/mol. The van der Waals surface area contributed by atoms with E-state index in [-0.39, 0.29) is 11.3 Å². The summed E-state index contributed by atoms with van der Waals surface area (Å²) in [6.07, 6.45) is 10.8. The van der Waals surface area contributed by atoms with Crippen LogP contribution >= 0.6 is 0 Å². The Bertz CT molecular complexity index is 532. The second-order valence-electron chi connectivity index (χ2n) is 8.90. The van der Waals surface area contributed by atoms with Crippen LogP contribution < -0.4 is 0 Å². The third-order valence-corrected chi connectivity index (χ3v) is 7.43. The van der Waals surface area contributed by atoms with Crippen molar-refractivity contribution in [3.63, 3.8) is 0 Å². The van der Waals surface area contributed by atoms with E-state index in [0.29, 0.717) is 5.92 Å². The Hall–Kier alpha value is -1.32. The third kappa shape index (κ3) is 2.18. The molecular formula is C20H36N4. The van der Waals surface area contributed by atoms with E-state index < -0.39 is 0 Å². The Kier molecular flexibility index (Phi) is 4.09. The Morgan fingerprint density at radius 3 is 1.79 bits per heavy atom. The molecule has 0 saturated heterocycles. The zero-order valence-corrected chi connectivity index (χ0v) is 16.9.